The second kappa shape index (κ2) is 16.1. The molecule has 0 heterocycles. The lowest BCUT2D eigenvalue weighted by molar-refractivity contribution is -0.140. The first-order chi connectivity index (χ1) is 21.7. The lowest BCUT2D eigenvalue weighted by Crippen LogP contribution is -2.53. The zero-order valence-electron chi connectivity index (χ0n) is 25.4. The van der Waals surface area contributed by atoms with E-state index < -0.39 is 28.5 Å². The summed E-state index contributed by atoms with van der Waals surface area (Å²) >= 11 is 6.29. The topological polar surface area (TPSA) is 96.0 Å². The Bertz CT molecular complexity index is 1650. The zero-order chi connectivity index (χ0) is 32.2. The number of benzene rings is 4. The summed E-state index contributed by atoms with van der Waals surface area (Å²) in [6.45, 7) is 4.19. The van der Waals surface area contributed by atoms with Crippen LogP contribution in [0.2, 0.25) is 5.02 Å². The Morgan fingerprint density at radius 1 is 0.844 bits per heavy atom. The molecule has 236 valence electrons. The highest BCUT2D eigenvalue weighted by atomic mass is 35.5. The number of nitrogens with one attached hydrogen (secondary N) is 1. The standard InChI is InChI=1S/C35H38ClN3O5S/c1-3-22-37-35(41)33(24-27-12-7-5-8-13-27)38(25-28-14-11-15-29(36)23-28)34(40)26-39(30-18-20-31(21-19-30)44-4-2)45(42,43)32-16-9-6-10-17-32/h5-21,23,33H,3-4,22,24-26H2,1-2H3,(H,37,41)/t33-/m0/s1. The third-order valence-electron chi connectivity index (χ3n) is 7.11. The molecule has 4 aromatic carbocycles. The van der Waals surface area contributed by atoms with Crippen molar-refractivity contribution in [3.05, 3.63) is 125 Å². The van der Waals surface area contributed by atoms with Crippen LogP contribution in [0.25, 0.3) is 0 Å². The Hall–Kier alpha value is -4.34. The molecule has 1 atom stereocenters. The van der Waals surface area contributed by atoms with Crippen molar-refractivity contribution in [1.29, 1.82) is 0 Å². The molecule has 0 fully saturated rings. The van der Waals surface area contributed by atoms with Crippen LogP contribution in [0.5, 0.6) is 5.75 Å². The summed E-state index contributed by atoms with van der Waals surface area (Å²) in [6, 6.07) is 30.1. The number of rotatable bonds is 15. The number of anilines is 1. The van der Waals surface area contributed by atoms with E-state index in [1.165, 1.54) is 17.0 Å². The Balaban J connectivity index is 1.78. The maximum Gasteiger partial charge on any atom is 0.264 e. The van der Waals surface area contributed by atoms with Gasteiger partial charge in [-0.15, -0.1) is 0 Å². The van der Waals surface area contributed by atoms with Gasteiger partial charge in [0.15, 0.2) is 0 Å². The van der Waals surface area contributed by atoms with Gasteiger partial charge in [-0.05, 0) is 73.0 Å². The third kappa shape index (κ3) is 9.09. The minimum atomic E-state index is -4.18. The van der Waals surface area contributed by atoms with Crippen molar-refractivity contribution >= 4 is 39.1 Å². The molecule has 4 aromatic rings. The molecule has 0 radical (unpaired) electrons. The van der Waals surface area contributed by atoms with Crippen molar-refractivity contribution in [2.75, 3.05) is 24.0 Å². The number of carbonyl (C=O) groups is 2. The number of sulfonamides is 1. The highest BCUT2D eigenvalue weighted by molar-refractivity contribution is 7.92. The van der Waals surface area contributed by atoms with Crippen LogP contribution in [0.4, 0.5) is 5.69 Å². The first-order valence-electron chi connectivity index (χ1n) is 14.9. The minimum absolute atomic E-state index is 0.0367. The summed E-state index contributed by atoms with van der Waals surface area (Å²) in [6.07, 6.45) is 0.948. The Morgan fingerprint density at radius 3 is 2.11 bits per heavy atom. The molecular formula is C35H38ClN3O5S. The minimum Gasteiger partial charge on any atom is -0.494 e. The molecule has 2 amide bonds. The Kier molecular flexibility index (Phi) is 12.0. The van der Waals surface area contributed by atoms with Crippen molar-refractivity contribution in [2.24, 2.45) is 0 Å². The average molecular weight is 648 g/mol. The van der Waals surface area contributed by atoms with E-state index in [4.69, 9.17) is 16.3 Å². The maximum absolute atomic E-state index is 14.5. The largest absolute Gasteiger partial charge is 0.494 e. The SMILES string of the molecule is CCCNC(=O)[C@H](Cc1ccccc1)N(Cc1cccc(Cl)c1)C(=O)CN(c1ccc(OCC)cc1)S(=O)(=O)c1ccccc1. The summed E-state index contributed by atoms with van der Waals surface area (Å²) in [5.74, 6) is -0.298. The van der Waals surface area contributed by atoms with Crippen LogP contribution in [0.1, 0.15) is 31.4 Å². The highest BCUT2D eigenvalue weighted by Crippen LogP contribution is 2.27. The van der Waals surface area contributed by atoms with Crippen LogP contribution >= 0.6 is 11.6 Å². The molecule has 4 rings (SSSR count). The molecule has 8 nitrogen and oxygen atoms in total. The normalized spacial score (nSPS) is 11.8. The van der Waals surface area contributed by atoms with Crippen molar-refractivity contribution < 1.29 is 22.7 Å². The first-order valence-corrected chi connectivity index (χ1v) is 16.7. The Labute approximate surface area is 270 Å². The smallest absolute Gasteiger partial charge is 0.264 e. The van der Waals surface area contributed by atoms with E-state index in [0.717, 1.165) is 9.87 Å². The van der Waals surface area contributed by atoms with Gasteiger partial charge in [0.1, 0.15) is 18.3 Å². The molecule has 0 bridgehead atoms. The number of nitrogens with zero attached hydrogens (tertiary/aromatic N) is 2. The fraction of sp³-hybridized carbons (Fsp3) is 0.257. The fourth-order valence-corrected chi connectivity index (χ4v) is 6.52. The average Bonchev–Trinajstić information content (AvgIpc) is 3.05. The van der Waals surface area contributed by atoms with E-state index >= 15 is 0 Å². The molecule has 0 saturated heterocycles. The number of halogens is 1. The summed E-state index contributed by atoms with van der Waals surface area (Å²) in [5, 5.41) is 3.42. The van der Waals surface area contributed by atoms with Crippen molar-refractivity contribution in [3.8, 4) is 5.75 Å². The lowest BCUT2D eigenvalue weighted by Gasteiger charge is -2.34. The van der Waals surface area contributed by atoms with E-state index in [2.05, 4.69) is 5.32 Å². The van der Waals surface area contributed by atoms with Gasteiger partial charge >= 0.3 is 0 Å². The van der Waals surface area contributed by atoms with Crippen molar-refractivity contribution in [1.82, 2.24) is 10.2 Å². The summed E-state index contributed by atoms with van der Waals surface area (Å²) in [4.78, 5) is 29.6. The maximum atomic E-state index is 14.5. The first kappa shape index (κ1) is 33.6. The van der Waals surface area contributed by atoms with E-state index in [1.807, 2.05) is 50.2 Å². The van der Waals surface area contributed by atoms with Gasteiger partial charge < -0.3 is 15.0 Å². The summed E-state index contributed by atoms with van der Waals surface area (Å²) in [7, 11) is -4.18. The Morgan fingerprint density at radius 2 is 1.49 bits per heavy atom. The van der Waals surface area contributed by atoms with Crippen LogP contribution in [-0.4, -0.2) is 50.9 Å². The van der Waals surface area contributed by atoms with Crippen LogP contribution in [-0.2, 0) is 32.6 Å². The molecule has 0 saturated carbocycles. The molecule has 1 N–H and O–H groups in total. The van der Waals surface area contributed by atoms with Crippen LogP contribution in [0.3, 0.4) is 0 Å². The van der Waals surface area contributed by atoms with Gasteiger partial charge in [0.2, 0.25) is 11.8 Å². The molecule has 0 spiro atoms. The van der Waals surface area contributed by atoms with Gasteiger partial charge in [0.25, 0.3) is 10.0 Å². The lowest BCUT2D eigenvalue weighted by atomic mass is 10.0. The van der Waals surface area contributed by atoms with Crippen molar-refractivity contribution in [3.63, 3.8) is 0 Å². The number of amides is 2. The molecule has 0 aromatic heterocycles. The van der Waals surface area contributed by atoms with E-state index in [-0.39, 0.29) is 29.5 Å². The summed E-state index contributed by atoms with van der Waals surface area (Å²) in [5.41, 5.74) is 1.85. The van der Waals surface area contributed by atoms with E-state index in [1.54, 1.807) is 60.7 Å². The van der Waals surface area contributed by atoms with E-state index in [0.29, 0.717) is 35.9 Å². The quantitative estimate of drug-likeness (QED) is 0.168. The molecule has 0 aliphatic heterocycles. The zero-order valence-corrected chi connectivity index (χ0v) is 27.0. The van der Waals surface area contributed by atoms with Crippen LogP contribution < -0.4 is 14.4 Å². The van der Waals surface area contributed by atoms with Gasteiger partial charge in [-0.1, -0.05) is 79.2 Å². The number of hydrogen-bond donors (Lipinski definition) is 1. The second-order valence-electron chi connectivity index (χ2n) is 10.4. The summed E-state index contributed by atoms with van der Waals surface area (Å²) < 4.78 is 34.8. The highest BCUT2D eigenvalue weighted by Gasteiger charge is 2.34. The van der Waals surface area contributed by atoms with Crippen LogP contribution in [0.15, 0.2) is 114 Å². The number of ether oxygens (including phenoxy) is 1. The monoisotopic (exact) mass is 647 g/mol. The molecule has 0 unspecified atom stereocenters. The molecule has 10 heteroatoms. The van der Waals surface area contributed by atoms with Crippen LogP contribution in [0, 0.1) is 0 Å². The van der Waals surface area contributed by atoms with Gasteiger partial charge in [0, 0.05) is 24.5 Å². The number of hydrogen-bond acceptors (Lipinski definition) is 5. The van der Waals surface area contributed by atoms with Gasteiger partial charge in [-0.25, -0.2) is 8.42 Å². The second-order valence-corrected chi connectivity index (χ2v) is 12.7. The third-order valence-corrected chi connectivity index (χ3v) is 9.13. The number of carbonyl (C=O) groups excluding carboxylic acids is 2. The van der Waals surface area contributed by atoms with E-state index in [9.17, 15) is 18.0 Å². The predicted molar refractivity (Wildman–Crippen MR) is 178 cm³/mol. The molecule has 0 aliphatic rings. The fourth-order valence-electron chi connectivity index (χ4n) is 4.88. The molecule has 45 heavy (non-hydrogen) atoms. The van der Waals surface area contributed by atoms with Gasteiger partial charge in [-0.2, -0.15) is 0 Å². The van der Waals surface area contributed by atoms with Crippen molar-refractivity contribution in [2.45, 2.75) is 44.2 Å². The predicted octanol–water partition coefficient (Wildman–Crippen LogP) is 6.10. The van der Waals surface area contributed by atoms with Gasteiger partial charge in [-0.3, -0.25) is 13.9 Å². The molecular weight excluding hydrogens is 610 g/mol. The molecule has 0 aliphatic carbocycles. The van der Waals surface area contributed by atoms with Gasteiger partial charge in [0.05, 0.1) is 17.2 Å².